The number of hydrogen-bond acceptors (Lipinski definition) is 2. The summed E-state index contributed by atoms with van der Waals surface area (Å²) in [4.78, 5) is 25.6. The molecular weight excluding hydrogens is 368 g/mol. The zero-order valence-electron chi connectivity index (χ0n) is 13.0. The third kappa shape index (κ3) is 4.11. The molecule has 2 aromatic rings. The van der Waals surface area contributed by atoms with E-state index in [9.17, 15) is 9.59 Å². The normalized spacial score (nSPS) is 14.4. The predicted octanol–water partition coefficient (Wildman–Crippen LogP) is 4.23. The third-order valence-corrected chi connectivity index (χ3v) is 4.32. The van der Waals surface area contributed by atoms with Crippen molar-refractivity contribution in [2.75, 3.05) is 16.8 Å². The van der Waals surface area contributed by atoms with Crippen LogP contribution in [0, 0.1) is 0 Å². The van der Waals surface area contributed by atoms with Gasteiger partial charge in [-0.25, -0.2) is 0 Å². The smallest absolute Gasteiger partial charge is 0.248 e. The maximum Gasteiger partial charge on any atom is 0.248 e. The van der Waals surface area contributed by atoms with E-state index in [2.05, 4.69) is 21.2 Å². The van der Waals surface area contributed by atoms with E-state index < -0.39 is 0 Å². The Bertz CT molecular complexity index is 784. The van der Waals surface area contributed by atoms with E-state index in [0.717, 1.165) is 28.7 Å². The van der Waals surface area contributed by atoms with Crippen molar-refractivity contribution >= 4 is 45.2 Å². The fraction of sp³-hybridized carbons (Fsp3) is 0.158. The molecule has 0 atom stereocenters. The molecular formula is C19H17BrN2O2. The predicted molar refractivity (Wildman–Crippen MR) is 99.8 cm³/mol. The molecule has 0 radical (unpaired) electrons. The average molecular weight is 385 g/mol. The summed E-state index contributed by atoms with van der Waals surface area (Å²) in [5.41, 5.74) is 2.45. The highest BCUT2D eigenvalue weighted by Crippen LogP contribution is 2.24. The first kappa shape index (κ1) is 16.5. The molecule has 1 heterocycles. The summed E-state index contributed by atoms with van der Waals surface area (Å²) in [6.45, 7) is 0.736. The van der Waals surface area contributed by atoms with Gasteiger partial charge in [-0.05, 0) is 48.4 Å². The first-order valence-corrected chi connectivity index (χ1v) is 8.56. The van der Waals surface area contributed by atoms with Crippen LogP contribution in [0.25, 0.3) is 6.08 Å². The monoisotopic (exact) mass is 384 g/mol. The molecule has 0 bridgehead atoms. The van der Waals surface area contributed by atoms with Crippen LogP contribution in [0.3, 0.4) is 0 Å². The minimum Gasteiger partial charge on any atom is -0.322 e. The zero-order chi connectivity index (χ0) is 16.9. The lowest BCUT2D eigenvalue weighted by molar-refractivity contribution is -0.117. The second-order valence-corrected chi connectivity index (χ2v) is 6.49. The summed E-state index contributed by atoms with van der Waals surface area (Å²) in [6, 6.07) is 15.1. The molecule has 1 aliphatic rings. The minimum atomic E-state index is -0.206. The molecule has 1 aliphatic heterocycles. The number of halogens is 1. The van der Waals surface area contributed by atoms with Gasteiger partial charge in [0.1, 0.15) is 0 Å². The van der Waals surface area contributed by atoms with E-state index in [1.807, 2.05) is 48.5 Å². The van der Waals surface area contributed by atoms with Gasteiger partial charge in [0.15, 0.2) is 0 Å². The van der Waals surface area contributed by atoms with Gasteiger partial charge in [0.25, 0.3) is 0 Å². The largest absolute Gasteiger partial charge is 0.322 e. The van der Waals surface area contributed by atoms with E-state index in [0.29, 0.717) is 12.1 Å². The molecule has 24 heavy (non-hydrogen) atoms. The number of hydrogen-bond donors (Lipinski definition) is 1. The Kier molecular flexibility index (Phi) is 5.11. The molecule has 1 fully saturated rings. The molecule has 1 saturated heterocycles. The van der Waals surface area contributed by atoms with Crippen molar-refractivity contribution in [2.24, 2.45) is 0 Å². The lowest BCUT2D eigenvalue weighted by atomic mass is 10.2. The van der Waals surface area contributed by atoms with Gasteiger partial charge in [-0.15, -0.1) is 0 Å². The fourth-order valence-electron chi connectivity index (χ4n) is 2.60. The maximum absolute atomic E-state index is 12.1. The zero-order valence-corrected chi connectivity index (χ0v) is 14.6. The Hall–Kier alpha value is -2.40. The molecule has 2 aromatic carbocycles. The van der Waals surface area contributed by atoms with Gasteiger partial charge in [0, 0.05) is 34.9 Å². The number of rotatable bonds is 4. The van der Waals surface area contributed by atoms with Crippen LogP contribution in [0.2, 0.25) is 0 Å². The third-order valence-electron chi connectivity index (χ3n) is 3.80. The fourth-order valence-corrected chi connectivity index (χ4v) is 2.87. The lowest BCUT2D eigenvalue weighted by Crippen LogP contribution is -2.23. The Balaban J connectivity index is 1.66. The van der Waals surface area contributed by atoms with Crippen LogP contribution in [0.4, 0.5) is 11.4 Å². The minimum absolute atomic E-state index is 0.133. The van der Waals surface area contributed by atoms with Gasteiger partial charge in [0.2, 0.25) is 11.8 Å². The number of amides is 2. The van der Waals surface area contributed by atoms with E-state index in [1.54, 1.807) is 11.0 Å². The quantitative estimate of drug-likeness (QED) is 0.801. The van der Waals surface area contributed by atoms with Crippen molar-refractivity contribution in [3.63, 3.8) is 0 Å². The molecule has 0 aliphatic carbocycles. The lowest BCUT2D eigenvalue weighted by Gasteiger charge is -2.16. The van der Waals surface area contributed by atoms with Gasteiger partial charge < -0.3 is 10.2 Å². The van der Waals surface area contributed by atoms with Crippen LogP contribution in [-0.2, 0) is 9.59 Å². The van der Waals surface area contributed by atoms with E-state index in [-0.39, 0.29) is 11.8 Å². The number of carbonyl (C=O) groups excluding carboxylic acids is 2. The number of benzene rings is 2. The Labute approximate surface area is 149 Å². The van der Waals surface area contributed by atoms with Gasteiger partial charge in [-0.2, -0.15) is 0 Å². The molecule has 2 amide bonds. The highest BCUT2D eigenvalue weighted by atomic mass is 79.9. The molecule has 4 nitrogen and oxygen atoms in total. The molecule has 5 heteroatoms. The first-order chi connectivity index (χ1) is 11.6. The van der Waals surface area contributed by atoms with Crippen molar-refractivity contribution in [1.82, 2.24) is 0 Å². The number of nitrogens with one attached hydrogen (secondary N) is 1. The van der Waals surface area contributed by atoms with Gasteiger partial charge in [-0.1, -0.05) is 34.1 Å². The molecule has 0 spiro atoms. The summed E-state index contributed by atoms with van der Waals surface area (Å²) in [5, 5.41) is 2.83. The van der Waals surface area contributed by atoms with Gasteiger partial charge in [-0.3, -0.25) is 9.59 Å². The Morgan fingerprint density at radius 2 is 1.96 bits per heavy atom. The van der Waals surface area contributed by atoms with E-state index in [4.69, 9.17) is 0 Å². The topological polar surface area (TPSA) is 49.4 Å². The maximum atomic E-state index is 12.1. The van der Waals surface area contributed by atoms with E-state index in [1.165, 1.54) is 6.08 Å². The summed E-state index contributed by atoms with van der Waals surface area (Å²) in [5.74, 6) is -0.0728. The highest BCUT2D eigenvalue weighted by molar-refractivity contribution is 9.10. The number of anilines is 2. The van der Waals surface area contributed by atoms with Crippen LogP contribution in [0.1, 0.15) is 18.4 Å². The Morgan fingerprint density at radius 3 is 2.67 bits per heavy atom. The second kappa shape index (κ2) is 7.45. The second-order valence-electron chi connectivity index (χ2n) is 5.57. The summed E-state index contributed by atoms with van der Waals surface area (Å²) >= 11 is 3.38. The van der Waals surface area contributed by atoms with Crippen LogP contribution in [-0.4, -0.2) is 18.4 Å². The molecule has 1 N–H and O–H groups in total. The standard InChI is InChI=1S/C19H17BrN2O2/c20-15-9-6-14(7-10-15)8-11-18(23)21-16-3-1-4-17(13-16)22-12-2-5-19(22)24/h1,3-4,6-11,13H,2,5,12H2,(H,21,23). The van der Waals surface area contributed by atoms with Crippen LogP contribution in [0.15, 0.2) is 59.1 Å². The van der Waals surface area contributed by atoms with Crippen molar-refractivity contribution in [3.8, 4) is 0 Å². The molecule has 122 valence electrons. The van der Waals surface area contributed by atoms with Crippen molar-refractivity contribution in [2.45, 2.75) is 12.8 Å². The van der Waals surface area contributed by atoms with Crippen molar-refractivity contribution in [1.29, 1.82) is 0 Å². The van der Waals surface area contributed by atoms with Crippen molar-refractivity contribution < 1.29 is 9.59 Å². The van der Waals surface area contributed by atoms with E-state index >= 15 is 0 Å². The SMILES string of the molecule is O=C(C=Cc1ccc(Br)cc1)Nc1cccc(N2CCCC2=O)c1. The van der Waals surface area contributed by atoms with Gasteiger partial charge in [0.05, 0.1) is 0 Å². The van der Waals surface area contributed by atoms with Crippen LogP contribution >= 0.6 is 15.9 Å². The summed E-state index contributed by atoms with van der Waals surface area (Å²) in [7, 11) is 0. The number of nitrogens with zero attached hydrogens (tertiary/aromatic N) is 1. The van der Waals surface area contributed by atoms with Crippen molar-refractivity contribution in [3.05, 3.63) is 64.6 Å². The van der Waals surface area contributed by atoms with Crippen LogP contribution < -0.4 is 10.2 Å². The molecule has 3 rings (SSSR count). The molecule has 0 aromatic heterocycles. The summed E-state index contributed by atoms with van der Waals surface area (Å²) < 4.78 is 0.998. The van der Waals surface area contributed by atoms with Gasteiger partial charge >= 0.3 is 0 Å². The van der Waals surface area contributed by atoms with Crippen LogP contribution in [0.5, 0.6) is 0 Å². The number of carbonyl (C=O) groups is 2. The molecule has 0 unspecified atom stereocenters. The Morgan fingerprint density at radius 1 is 1.17 bits per heavy atom. The average Bonchev–Trinajstić information content (AvgIpc) is 3.01. The highest BCUT2D eigenvalue weighted by Gasteiger charge is 2.21. The first-order valence-electron chi connectivity index (χ1n) is 7.77. The summed E-state index contributed by atoms with van der Waals surface area (Å²) in [6.07, 6.45) is 4.73. The molecule has 0 saturated carbocycles.